The molecule has 2 aromatic carbocycles. The maximum atomic E-state index is 12.9. The zero-order chi connectivity index (χ0) is 24.0. The molecule has 14 heteroatoms. The lowest BCUT2D eigenvalue weighted by molar-refractivity contribution is -0.137. The Morgan fingerprint density at radius 2 is 1.91 bits per heavy atom. The van der Waals surface area contributed by atoms with Gasteiger partial charge in [-0.15, -0.1) is 0 Å². The van der Waals surface area contributed by atoms with Crippen LogP contribution in [-0.4, -0.2) is 39.4 Å². The Kier molecular flexibility index (Phi) is 5.54. The van der Waals surface area contributed by atoms with Crippen molar-refractivity contribution in [2.24, 2.45) is 0 Å². The third-order valence-corrected chi connectivity index (χ3v) is 6.62. The van der Waals surface area contributed by atoms with Crippen molar-refractivity contribution in [3.05, 3.63) is 64.9 Å². The normalized spacial score (nSPS) is 12.2. The van der Waals surface area contributed by atoms with E-state index >= 15 is 0 Å². The quantitative estimate of drug-likeness (QED) is 0.387. The van der Waals surface area contributed by atoms with Gasteiger partial charge in [-0.3, -0.25) is 0 Å². The highest BCUT2D eigenvalue weighted by molar-refractivity contribution is 7.90. The lowest BCUT2D eigenvalue weighted by atomic mass is 10.1. The molecule has 0 aliphatic rings. The maximum absolute atomic E-state index is 12.9. The van der Waals surface area contributed by atoms with Gasteiger partial charge in [-0.2, -0.15) is 18.3 Å². The molecule has 0 saturated heterocycles. The second-order valence-corrected chi connectivity index (χ2v) is 9.17. The van der Waals surface area contributed by atoms with Crippen LogP contribution < -0.4 is 4.74 Å². The van der Waals surface area contributed by atoms with E-state index in [9.17, 15) is 26.4 Å². The van der Waals surface area contributed by atoms with Crippen molar-refractivity contribution >= 4 is 38.6 Å². The minimum Gasteiger partial charge on any atom is -0.449 e. The Bertz CT molecular complexity index is 1460. The first-order valence-electron chi connectivity index (χ1n) is 8.96. The average molecular weight is 501 g/mol. The van der Waals surface area contributed by atoms with Gasteiger partial charge in [0, 0.05) is 0 Å². The first kappa shape index (κ1) is 22.6. The summed E-state index contributed by atoms with van der Waals surface area (Å²) in [5.74, 6) is -0.480. The second kappa shape index (κ2) is 8.08. The highest BCUT2D eigenvalue weighted by Crippen LogP contribution is 2.32. The highest BCUT2D eigenvalue weighted by atomic mass is 35.5. The summed E-state index contributed by atoms with van der Waals surface area (Å²) < 4.78 is 69.6. The van der Waals surface area contributed by atoms with E-state index in [2.05, 4.69) is 19.8 Å². The number of imidazole rings is 1. The Morgan fingerprint density at radius 1 is 1.21 bits per heavy atom. The molecule has 2 heterocycles. The highest BCUT2D eigenvalue weighted by Gasteiger charge is 2.30. The zero-order valence-electron chi connectivity index (χ0n) is 16.2. The molecule has 2 aromatic heterocycles. The molecule has 0 unspecified atom stereocenters. The summed E-state index contributed by atoms with van der Waals surface area (Å²) in [5, 5.41) is 12.4. The molecule has 33 heavy (non-hydrogen) atoms. The predicted octanol–water partition coefficient (Wildman–Crippen LogP) is 4.45. The van der Waals surface area contributed by atoms with Crippen molar-refractivity contribution < 1.29 is 36.2 Å². The van der Waals surface area contributed by atoms with E-state index in [4.69, 9.17) is 16.7 Å². The van der Waals surface area contributed by atoms with Crippen molar-refractivity contribution in [1.29, 1.82) is 0 Å². The number of aromatic amines is 1. The molecule has 0 aliphatic carbocycles. The van der Waals surface area contributed by atoms with Crippen molar-refractivity contribution in [3.63, 3.8) is 0 Å². The number of fused-ring (bicyclic) bond motifs is 1. The van der Waals surface area contributed by atoms with Gasteiger partial charge in [0.05, 0.1) is 44.7 Å². The van der Waals surface area contributed by atoms with Gasteiger partial charge < -0.3 is 14.8 Å². The van der Waals surface area contributed by atoms with Gasteiger partial charge in [-0.25, -0.2) is 22.9 Å². The van der Waals surface area contributed by atoms with Gasteiger partial charge in [0.25, 0.3) is 0 Å². The molecule has 172 valence electrons. The monoisotopic (exact) mass is 500 g/mol. The van der Waals surface area contributed by atoms with E-state index in [1.54, 1.807) is 0 Å². The van der Waals surface area contributed by atoms with Crippen molar-refractivity contribution in [1.82, 2.24) is 19.7 Å². The number of nitrogens with one attached hydrogen (secondary N) is 1. The number of hydrogen-bond donors (Lipinski definition) is 2. The lowest BCUT2D eigenvalue weighted by Gasteiger charge is -2.09. The summed E-state index contributed by atoms with van der Waals surface area (Å²) in [5.41, 5.74) is -0.133. The predicted molar refractivity (Wildman–Crippen MR) is 109 cm³/mol. The summed E-state index contributed by atoms with van der Waals surface area (Å²) >= 11 is 6.17. The Morgan fingerprint density at radius 3 is 2.55 bits per heavy atom. The molecule has 0 atom stereocenters. The van der Waals surface area contributed by atoms with E-state index in [-0.39, 0.29) is 32.7 Å². The van der Waals surface area contributed by atoms with E-state index in [0.29, 0.717) is 5.52 Å². The summed E-state index contributed by atoms with van der Waals surface area (Å²) in [6, 6.07) is 6.37. The number of ether oxygens (including phenoxy) is 1. The number of carbonyl (C=O) groups is 1. The largest absolute Gasteiger partial charge is 0.511 e. The van der Waals surface area contributed by atoms with Crippen LogP contribution in [0.5, 0.6) is 5.75 Å². The molecule has 0 amide bonds. The number of alkyl halides is 3. The van der Waals surface area contributed by atoms with Crippen LogP contribution in [0.2, 0.25) is 5.02 Å². The number of carboxylic acid groups (broad SMARTS) is 1. The first-order chi connectivity index (χ1) is 15.4. The molecule has 0 saturated carbocycles. The fraction of sp³-hybridized carbons (Fsp3) is 0.105. The molecule has 4 rings (SSSR count). The fourth-order valence-corrected chi connectivity index (χ4v) is 4.96. The molecule has 0 radical (unpaired) electrons. The average Bonchev–Trinajstić information content (AvgIpc) is 3.32. The SMILES string of the molecule is O=C(O)Oc1cnn(-c2nc3cc(Cl)c(S(=O)(=O)Cc4ccc(C(F)(F)F)cc4)cc3[nH]2)c1. The topological polar surface area (TPSA) is 127 Å². The third kappa shape index (κ3) is 4.78. The summed E-state index contributed by atoms with van der Waals surface area (Å²) in [4.78, 5) is 17.5. The van der Waals surface area contributed by atoms with Crippen LogP contribution in [0.1, 0.15) is 11.1 Å². The molecule has 4 aromatic rings. The van der Waals surface area contributed by atoms with E-state index in [0.717, 1.165) is 30.5 Å². The van der Waals surface area contributed by atoms with Crippen molar-refractivity contribution in [2.45, 2.75) is 16.8 Å². The van der Waals surface area contributed by atoms with Gasteiger partial charge >= 0.3 is 12.3 Å². The van der Waals surface area contributed by atoms with Crippen LogP contribution in [0.25, 0.3) is 17.0 Å². The van der Waals surface area contributed by atoms with Gasteiger partial charge in [-0.05, 0) is 29.8 Å². The van der Waals surface area contributed by atoms with Crippen LogP contribution in [0.3, 0.4) is 0 Å². The molecular formula is C19H12ClF3N4O5S. The number of nitrogens with zero attached hydrogens (tertiary/aromatic N) is 3. The standard InChI is InChI=1S/C19H12ClF3N4O5S/c20-13-5-14-15(26-17(25-14)27-8-12(7-24-27)32-18(28)29)6-16(13)33(30,31)9-10-1-3-11(4-2-10)19(21,22)23/h1-8H,9H2,(H,25,26)(H,28,29). The minimum atomic E-state index is -4.53. The number of halogens is 4. The summed E-state index contributed by atoms with van der Waals surface area (Å²) in [7, 11) is -4.02. The van der Waals surface area contributed by atoms with Gasteiger partial charge in [0.1, 0.15) is 0 Å². The second-order valence-electron chi connectivity index (χ2n) is 6.80. The number of hydrogen-bond acceptors (Lipinski definition) is 6. The lowest BCUT2D eigenvalue weighted by Crippen LogP contribution is -2.08. The number of benzene rings is 2. The Labute approximate surface area is 188 Å². The molecule has 0 aliphatic heterocycles. The zero-order valence-corrected chi connectivity index (χ0v) is 17.7. The third-order valence-electron chi connectivity index (χ3n) is 4.48. The van der Waals surface area contributed by atoms with Crippen LogP contribution in [0, 0.1) is 0 Å². The number of sulfone groups is 1. The molecule has 2 N–H and O–H groups in total. The molecule has 0 bridgehead atoms. The number of aromatic nitrogens is 4. The van der Waals surface area contributed by atoms with Crippen molar-refractivity contribution in [2.75, 3.05) is 0 Å². The smallest absolute Gasteiger partial charge is 0.449 e. The molecule has 0 fully saturated rings. The fourth-order valence-electron chi connectivity index (χ4n) is 3.01. The van der Waals surface area contributed by atoms with Gasteiger partial charge in [-0.1, -0.05) is 23.7 Å². The summed E-state index contributed by atoms with van der Waals surface area (Å²) in [6.07, 6.45) is -3.66. The van der Waals surface area contributed by atoms with Crippen LogP contribution in [0.15, 0.2) is 53.7 Å². The maximum Gasteiger partial charge on any atom is 0.511 e. The number of rotatable bonds is 5. The van der Waals surface area contributed by atoms with Gasteiger partial charge in [0.15, 0.2) is 15.6 Å². The van der Waals surface area contributed by atoms with Gasteiger partial charge in [0.2, 0.25) is 5.95 Å². The van der Waals surface area contributed by atoms with Crippen LogP contribution in [0.4, 0.5) is 18.0 Å². The first-order valence-corrected chi connectivity index (χ1v) is 11.0. The van der Waals surface area contributed by atoms with Crippen LogP contribution in [-0.2, 0) is 21.8 Å². The van der Waals surface area contributed by atoms with E-state index in [1.807, 2.05) is 0 Å². The van der Waals surface area contributed by atoms with Crippen molar-refractivity contribution in [3.8, 4) is 11.7 Å². The summed E-state index contributed by atoms with van der Waals surface area (Å²) in [6.45, 7) is 0. The molecular weight excluding hydrogens is 489 g/mol. The molecule has 0 spiro atoms. The number of H-pyrrole nitrogens is 1. The Hall–Kier alpha value is -3.58. The van der Waals surface area contributed by atoms with E-state index in [1.165, 1.54) is 23.0 Å². The van der Waals surface area contributed by atoms with Crippen LogP contribution >= 0.6 is 11.6 Å². The molecule has 9 nitrogen and oxygen atoms in total. The Balaban J connectivity index is 1.64. The minimum absolute atomic E-state index is 0.0548. The van der Waals surface area contributed by atoms with E-state index < -0.39 is 33.5 Å².